The van der Waals surface area contributed by atoms with E-state index in [1.807, 2.05) is 13.8 Å². The summed E-state index contributed by atoms with van der Waals surface area (Å²) >= 11 is 0. The molecule has 0 aromatic heterocycles. The molecule has 6 nitrogen and oxygen atoms in total. The fraction of sp³-hybridized carbons (Fsp3) is 1.00. The van der Waals surface area contributed by atoms with E-state index in [0.29, 0.717) is 25.7 Å². The van der Waals surface area contributed by atoms with Gasteiger partial charge >= 0.3 is 0 Å². The Kier molecular flexibility index (Phi) is 7.17. The summed E-state index contributed by atoms with van der Waals surface area (Å²) in [6, 6.07) is 0.463. The number of morpholine rings is 1. The van der Waals surface area contributed by atoms with Crippen LogP contribution in [0.2, 0.25) is 0 Å². The van der Waals surface area contributed by atoms with Crippen LogP contribution in [0.25, 0.3) is 0 Å². The molecular weight excluding hydrogens is 302 g/mol. The molecule has 0 aliphatic carbocycles. The van der Waals surface area contributed by atoms with Crippen LogP contribution < -0.4 is 10.0 Å². The lowest BCUT2D eigenvalue weighted by atomic mass is 10.2. The quantitative estimate of drug-likeness (QED) is 0.771. The predicted octanol–water partition coefficient (Wildman–Crippen LogP) is 0.494. The van der Waals surface area contributed by atoms with E-state index in [-0.39, 0.29) is 24.6 Å². The first kappa shape index (κ1) is 18.1. The summed E-state index contributed by atoms with van der Waals surface area (Å²) < 4.78 is 34.1. The molecule has 2 aliphatic rings. The van der Waals surface area contributed by atoms with E-state index < -0.39 is 10.2 Å². The highest BCUT2D eigenvalue weighted by molar-refractivity contribution is 7.87. The van der Waals surface area contributed by atoms with Crippen molar-refractivity contribution in [1.82, 2.24) is 14.3 Å². The number of nitrogens with one attached hydrogen (secondary N) is 2. The third kappa shape index (κ3) is 5.13. The van der Waals surface area contributed by atoms with Crippen LogP contribution in [-0.4, -0.2) is 57.2 Å². The van der Waals surface area contributed by atoms with Crippen molar-refractivity contribution in [1.29, 1.82) is 0 Å². The largest absolute Gasteiger partial charge is 0.373 e. The molecule has 0 spiro atoms. The van der Waals surface area contributed by atoms with Gasteiger partial charge in [0.1, 0.15) is 0 Å². The van der Waals surface area contributed by atoms with Crippen LogP contribution in [0.3, 0.4) is 0 Å². The number of nitrogens with zero attached hydrogens (tertiary/aromatic N) is 1. The Bertz CT molecular complexity index is 377. The third-order valence-corrected chi connectivity index (χ3v) is 5.21. The van der Waals surface area contributed by atoms with Crippen molar-refractivity contribution in [3.05, 3.63) is 0 Å². The second kappa shape index (κ2) is 7.91. The number of rotatable bonds is 5. The maximum Gasteiger partial charge on any atom is 0.279 e. The van der Waals surface area contributed by atoms with Crippen molar-refractivity contribution in [2.24, 2.45) is 0 Å². The fourth-order valence-electron chi connectivity index (χ4n) is 2.78. The molecule has 20 heavy (non-hydrogen) atoms. The monoisotopic (exact) mass is 327 g/mol. The summed E-state index contributed by atoms with van der Waals surface area (Å²) in [5.74, 6) is 0. The third-order valence-electron chi connectivity index (χ3n) is 3.67. The summed E-state index contributed by atoms with van der Waals surface area (Å²) in [6.45, 7) is 6.22. The highest BCUT2D eigenvalue weighted by atomic mass is 35.5. The zero-order valence-electron chi connectivity index (χ0n) is 12.2. The van der Waals surface area contributed by atoms with E-state index in [9.17, 15) is 8.42 Å². The van der Waals surface area contributed by atoms with E-state index in [4.69, 9.17) is 4.74 Å². The Morgan fingerprint density at radius 2 is 1.95 bits per heavy atom. The molecule has 8 heteroatoms. The van der Waals surface area contributed by atoms with Gasteiger partial charge < -0.3 is 10.1 Å². The molecule has 0 saturated carbocycles. The molecule has 0 aromatic rings. The Balaban J connectivity index is 0.00000200. The lowest BCUT2D eigenvalue weighted by Crippen LogP contribution is -2.52. The molecule has 0 bridgehead atoms. The van der Waals surface area contributed by atoms with Gasteiger partial charge in [-0.1, -0.05) is 0 Å². The van der Waals surface area contributed by atoms with Gasteiger partial charge in [0.05, 0.1) is 12.2 Å². The first-order chi connectivity index (χ1) is 8.97. The summed E-state index contributed by atoms with van der Waals surface area (Å²) in [5.41, 5.74) is 0. The van der Waals surface area contributed by atoms with Gasteiger partial charge in [0.2, 0.25) is 0 Å². The number of ether oxygens (including phenoxy) is 1. The minimum absolute atomic E-state index is 0. The summed E-state index contributed by atoms with van der Waals surface area (Å²) in [6.07, 6.45) is 3.10. The molecule has 3 atom stereocenters. The van der Waals surface area contributed by atoms with E-state index in [1.54, 1.807) is 0 Å². The highest BCUT2D eigenvalue weighted by Crippen LogP contribution is 2.14. The number of hydrogen-bond donors (Lipinski definition) is 2. The van der Waals surface area contributed by atoms with E-state index in [1.165, 1.54) is 10.7 Å². The standard InChI is InChI=1S/C12H25N3O3S.ClH/c1-10-8-15(9-11(2)18-10)19(16,17)14-7-5-12-4-3-6-13-12;/h10-14H,3-9H2,1-2H3;1H/t10?,11?,12-;/m1./s1. The van der Waals surface area contributed by atoms with Crippen molar-refractivity contribution >= 4 is 22.6 Å². The van der Waals surface area contributed by atoms with Gasteiger partial charge in [-0.05, 0) is 39.7 Å². The second-order valence-electron chi connectivity index (χ2n) is 5.56. The van der Waals surface area contributed by atoms with Gasteiger partial charge in [0.25, 0.3) is 10.2 Å². The summed E-state index contributed by atoms with van der Waals surface area (Å²) in [5, 5.41) is 3.37. The van der Waals surface area contributed by atoms with Crippen molar-refractivity contribution in [3.8, 4) is 0 Å². The minimum atomic E-state index is -3.37. The van der Waals surface area contributed by atoms with Gasteiger partial charge in [0, 0.05) is 25.7 Å². The van der Waals surface area contributed by atoms with Crippen LogP contribution in [0.1, 0.15) is 33.1 Å². The fourth-order valence-corrected chi connectivity index (χ4v) is 4.15. The topological polar surface area (TPSA) is 70.7 Å². The minimum Gasteiger partial charge on any atom is -0.373 e. The van der Waals surface area contributed by atoms with Crippen molar-refractivity contribution < 1.29 is 13.2 Å². The smallest absolute Gasteiger partial charge is 0.279 e. The lowest BCUT2D eigenvalue weighted by molar-refractivity contribution is -0.0443. The van der Waals surface area contributed by atoms with Crippen LogP contribution in [0.5, 0.6) is 0 Å². The molecule has 120 valence electrons. The van der Waals surface area contributed by atoms with Crippen molar-refractivity contribution in [3.63, 3.8) is 0 Å². The predicted molar refractivity (Wildman–Crippen MR) is 81.4 cm³/mol. The molecule has 2 saturated heterocycles. The molecule has 0 radical (unpaired) electrons. The van der Waals surface area contributed by atoms with E-state index >= 15 is 0 Å². The normalized spacial score (nSPS) is 32.0. The Morgan fingerprint density at radius 1 is 1.30 bits per heavy atom. The molecule has 0 aromatic carbocycles. The number of halogens is 1. The van der Waals surface area contributed by atoms with Crippen LogP contribution in [0.4, 0.5) is 0 Å². The maximum atomic E-state index is 12.2. The first-order valence-corrected chi connectivity index (χ1v) is 8.55. The molecular formula is C12H26ClN3O3S. The van der Waals surface area contributed by atoms with Crippen LogP contribution in [-0.2, 0) is 14.9 Å². The van der Waals surface area contributed by atoms with E-state index in [2.05, 4.69) is 10.0 Å². The van der Waals surface area contributed by atoms with Gasteiger partial charge in [-0.25, -0.2) is 4.72 Å². The lowest BCUT2D eigenvalue weighted by Gasteiger charge is -2.34. The Hall–Kier alpha value is 0.0800. The van der Waals surface area contributed by atoms with Gasteiger partial charge in [0.15, 0.2) is 0 Å². The zero-order valence-corrected chi connectivity index (χ0v) is 13.8. The highest BCUT2D eigenvalue weighted by Gasteiger charge is 2.30. The molecule has 0 amide bonds. The van der Waals surface area contributed by atoms with Gasteiger partial charge in [-0.3, -0.25) is 0 Å². The molecule has 2 unspecified atom stereocenters. The Labute approximate surface area is 128 Å². The molecule has 2 rings (SSSR count). The summed E-state index contributed by atoms with van der Waals surface area (Å²) in [7, 11) is -3.37. The number of hydrogen-bond acceptors (Lipinski definition) is 4. The van der Waals surface area contributed by atoms with Crippen LogP contribution >= 0.6 is 12.4 Å². The second-order valence-corrected chi connectivity index (χ2v) is 7.31. The van der Waals surface area contributed by atoms with Gasteiger partial charge in [-0.2, -0.15) is 12.7 Å². The Morgan fingerprint density at radius 3 is 2.50 bits per heavy atom. The van der Waals surface area contributed by atoms with Crippen molar-refractivity contribution in [2.45, 2.75) is 51.4 Å². The van der Waals surface area contributed by atoms with Crippen molar-refractivity contribution in [2.75, 3.05) is 26.2 Å². The maximum absolute atomic E-state index is 12.2. The molecule has 2 heterocycles. The van der Waals surface area contributed by atoms with E-state index in [0.717, 1.165) is 19.4 Å². The summed E-state index contributed by atoms with van der Waals surface area (Å²) in [4.78, 5) is 0. The van der Waals surface area contributed by atoms with Crippen LogP contribution in [0.15, 0.2) is 0 Å². The first-order valence-electron chi connectivity index (χ1n) is 7.11. The zero-order chi connectivity index (χ0) is 13.9. The van der Waals surface area contributed by atoms with Crippen LogP contribution in [0, 0.1) is 0 Å². The molecule has 2 aliphatic heterocycles. The average molecular weight is 328 g/mol. The average Bonchev–Trinajstić information content (AvgIpc) is 2.80. The molecule has 2 fully saturated rings. The SMILES string of the molecule is CC1CN(S(=O)(=O)NCC[C@H]2CCCN2)CC(C)O1.Cl. The van der Waals surface area contributed by atoms with Gasteiger partial charge in [-0.15, -0.1) is 12.4 Å². The molecule has 2 N–H and O–H groups in total.